The maximum absolute atomic E-state index is 13.1. The van der Waals surface area contributed by atoms with Crippen molar-refractivity contribution >= 4 is 18.0 Å². The van der Waals surface area contributed by atoms with E-state index in [4.69, 9.17) is 0 Å². The molecule has 1 saturated heterocycles. The smallest absolute Gasteiger partial charge is 0.329 e. The maximum Gasteiger partial charge on any atom is 0.329 e. The Morgan fingerprint density at radius 3 is 2.44 bits per heavy atom. The van der Waals surface area contributed by atoms with E-state index in [1.165, 1.54) is 18.3 Å². The lowest BCUT2D eigenvalue weighted by atomic mass is 10.1. The SMILES string of the molecule is Cc1cc(/C=N\NC(=O)C(=O)N2CCCCC2)c(C)n1-c1ccc(F)cc1. The predicted octanol–water partition coefficient (Wildman–Crippen LogP) is 2.70. The fourth-order valence-electron chi connectivity index (χ4n) is 3.35. The van der Waals surface area contributed by atoms with Gasteiger partial charge in [0.2, 0.25) is 0 Å². The van der Waals surface area contributed by atoms with Gasteiger partial charge in [-0.1, -0.05) is 0 Å². The number of hydrogen-bond donors (Lipinski definition) is 1. The van der Waals surface area contributed by atoms with Crippen LogP contribution in [0.25, 0.3) is 5.69 Å². The molecule has 2 heterocycles. The van der Waals surface area contributed by atoms with Gasteiger partial charge in [-0.05, 0) is 63.4 Å². The van der Waals surface area contributed by atoms with Crippen LogP contribution < -0.4 is 5.43 Å². The van der Waals surface area contributed by atoms with E-state index in [1.54, 1.807) is 17.0 Å². The van der Waals surface area contributed by atoms with E-state index in [0.29, 0.717) is 13.1 Å². The zero-order valence-electron chi connectivity index (χ0n) is 15.5. The van der Waals surface area contributed by atoms with Crippen LogP contribution in [0.5, 0.6) is 0 Å². The second-order valence-corrected chi connectivity index (χ2v) is 6.69. The third-order valence-electron chi connectivity index (χ3n) is 4.76. The summed E-state index contributed by atoms with van der Waals surface area (Å²) in [6.45, 7) is 5.09. The molecule has 0 aliphatic carbocycles. The highest BCUT2D eigenvalue weighted by atomic mass is 19.1. The highest BCUT2D eigenvalue weighted by Crippen LogP contribution is 2.20. The van der Waals surface area contributed by atoms with Crippen LogP contribution in [0.15, 0.2) is 35.4 Å². The third kappa shape index (κ3) is 4.24. The zero-order chi connectivity index (χ0) is 19.4. The van der Waals surface area contributed by atoms with Crippen molar-refractivity contribution in [3.63, 3.8) is 0 Å². The number of nitrogens with one attached hydrogen (secondary N) is 1. The van der Waals surface area contributed by atoms with Crippen LogP contribution in [-0.4, -0.2) is 40.6 Å². The second kappa shape index (κ2) is 8.16. The van der Waals surface area contributed by atoms with Gasteiger partial charge in [-0.2, -0.15) is 5.10 Å². The maximum atomic E-state index is 13.1. The summed E-state index contributed by atoms with van der Waals surface area (Å²) in [6.07, 6.45) is 4.46. The summed E-state index contributed by atoms with van der Waals surface area (Å²) in [5.74, 6) is -1.55. The molecule has 3 rings (SSSR count). The average molecular weight is 370 g/mol. The number of halogens is 1. The monoisotopic (exact) mass is 370 g/mol. The van der Waals surface area contributed by atoms with Gasteiger partial charge in [0.15, 0.2) is 0 Å². The summed E-state index contributed by atoms with van der Waals surface area (Å²) in [7, 11) is 0. The van der Waals surface area contributed by atoms with Gasteiger partial charge < -0.3 is 9.47 Å². The average Bonchev–Trinajstić information content (AvgIpc) is 2.96. The van der Waals surface area contributed by atoms with Crippen LogP contribution in [-0.2, 0) is 9.59 Å². The molecule has 0 spiro atoms. The number of amides is 2. The van der Waals surface area contributed by atoms with Crippen LogP contribution in [0.3, 0.4) is 0 Å². The summed E-state index contributed by atoms with van der Waals surface area (Å²) >= 11 is 0. The van der Waals surface area contributed by atoms with E-state index in [2.05, 4.69) is 10.5 Å². The number of likely N-dealkylation sites (tertiary alicyclic amines) is 1. The van der Waals surface area contributed by atoms with Crippen LogP contribution >= 0.6 is 0 Å². The van der Waals surface area contributed by atoms with Crippen molar-refractivity contribution in [2.24, 2.45) is 5.10 Å². The molecule has 2 amide bonds. The Morgan fingerprint density at radius 1 is 1.11 bits per heavy atom. The summed E-state index contributed by atoms with van der Waals surface area (Å²) in [5, 5.41) is 3.94. The van der Waals surface area contributed by atoms with Crippen LogP contribution in [0.4, 0.5) is 4.39 Å². The van der Waals surface area contributed by atoms with E-state index in [-0.39, 0.29) is 5.82 Å². The molecular formula is C20H23FN4O2. The molecule has 1 aromatic carbocycles. The molecule has 27 heavy (non-hydrogen) atoms. The standard InChI is InChI=1S/C20H23FN4O2/c1-14-12-16(15(2)25(14)18-8-6-17(21)7-9-18)13-22-23-19(26)20(27)24-10-4-3-5-11-24/h6-9,12-13H,3-5,10-11H2,1-2H3,(H,23,26)/b22-13-. The second-order valence-electron chi connectivity index (χ2n) is 6.69. The first kappa shape index (κ1) is 18.8. The van der Waals surface area contributed by atoms with Crippen molar-refractivity contribution in [2.75, 3.05) is 13.1 Å². The number of benzene rings is 1. The minimum atomic E-state index is -0.722. The van der Waals surface area contributed by atoms with E-state index in [0.717, 1.165) is 41.9 Å². The van der Waals surface area contributed by atoms with Gasteiger partial charge in [0.1, 0.15) is 5.82 Å². The van der Waals surface area contributed by atoms with Gasteiger partial charge in [-0.15, -0.1) is 0 Å². The number of hydrazone groups is 1. The molecule has 2 aromatic rings. The van der Waals surface area contributed by atoms with Crippen molar-refractivity contribution in [2.45, 2.75) is 33.1 Å². The molecule has 0 bridgehead atoms. The van der Waals surface area contributed by atoms with Crippen LogP contribution in [0.1, 0.15) is 36.2 Å². The number of carbonyl (C=O) groups is 2. The first-order valence-corrected chi connectivity index (χ1v) is 9.04. The molecule has 6 nitrogen and oxygen atoms in total. The van der Waals surface area contributed by atoms with Gasteiger partial charge >= 0.3 is 11.8 Å². The molecule has 1 aliphatic rings. The number of aryl methyl sites for hydroxylation is 1. The topological polar surface area (TPSA) is 66.7 Å². The lowest BCUT2D eigenvalue weighted by Crippen LogP contribution is -2.43. The van der Waals surface area contributed by atoms with Gasteiger partial charge in [-0.3, -0.25) is 9.59 Å². The van der Waals surface area contributed by atoms with Crippen molar-refractivity contribution < 1.29 is 14.0 Å². The quantitative estimate of drug-likeness (QED) is 0.513. The first-order chi connectivity index (χ1) is 13.0. The van der Waals surface area contributed by atoms with Crippen molar-refractivity contribution in [1.82, 2.24) is 14.9 Å². The fourth-order valence-corrected chi connectivity index (χ4v) is 3.35. The molecule has 1 aromatic heterocycles. The Labute approximate surface area is 157 Å². The lowest BCUT2D eigenvalue weighted by molar-refractivity contribution is -0.146. The normalized spacial score (nSPS) is 14.6. The molecule has 1 aliphatic heterocycles. The third-order valence-corrected chi connectivity index (χ3v) is 4.76. The number of hydrogen-bond acceptors (Lipinski definition) is 3. The van der Waals surface area contributed by atoms with Crippen LogP contribution in [0, 0.1) is 19.7 Å². The summed E-state index contributed by atoms with van der Waals surface area (Å²) in [5.41, 5.74) is 5.82. The Morgan fingerprint density at radius 2 is 1.78 bits per heavy atom. The number of nitrogens with zero attached hydrogens (tertiary/aromatic N) is 3. The highest BCUT2D eigenvalue weighted by Gasteiger charge is 2.22. The molecule has 1 fully saturated rings. The van der Waals surface area contributed by atoms with E-state index >= 15 is 0 Å². The van der Waals surface area contributed by atoms with E-state index < -0.39 is 11.8 Å². The molecular weight excluding hydrogens is 347 g/mol. The molecule has 0 radical (unpaired) electrons. The minimum Gasteiger partial charge on any atom is -0.334 e. The zero-order valence-corrected chi connectivity index (χ0v) is 15.5. The Balaban J connectivity index is 1.68. The Kier molecular flexibility index (Phi) is 5.69. The highest BCUT2D eigenvalue weighted by molar-refractivity contribution is 6.35. The Bertz CT molecular complexity index is 865. The largest absolute Gasteiger partial charge is 0.334 e. The van der Waals surface area contributed by atoms with E-state index in [1.807, 2.05) is 24.5 Å². The van der Waals surface area contributed by atoms with Gasteiger partial charge in [0.25, 0.3) is 0 Å². The lowest BCUT2D eigenvalue weighted by Gasteiger charge is -2.25. The number of carbonyl (C=O) groups excluding carboxylic acids is 2. The molecule has 0 saturated carbocycles. The molecule has 0 unspecified atom stereocenters. The molecule has 1 N–H and O–H groups in total. The molecule has 0 atom stereocenters. The van der Waals surface area contributed by atoms with Gasteiger partial charge in [0, 0.05) is 35.7 Å². The first-order valence-electron chi connectivity index (χ1n) is 9.04. The number of rotatable bonds is 3. The van der Waals surface area contributed by atoms with Crippen molar-refractivity contribution in [3.8, 4) is 5.69 Å². The van der Waals surface area contributed by atoms with Crippen molar-refractivity contribution in [1.29, 1.82) is 0 Å². The summed E-state index contributed by atoms with van der Waals surface area (Å²) in [4.78, 5) is 25.6. The minimum absolute atomic E-state index is 0.288. The molecule has 142 valence electrons. The van der Waals surface area contributed by atoms with Gasteiger partial charge in [-0.25, -0.2) is 9.82 Å². The number of piperidine rings is 1. The number of aromatic nitrogens is 1. The Hall–Kier alpha value is -2.96. The fraction of sp³-hybridized carbons (Fsp3) is 0.350. The molecule has 7 heteroatoms. The summed E-state index contributed by atoms with van der Waals surface area (Å²) < 4.78 is 15.1. The van der Waals surface area contributed by atoms with Gasteiger partial charge in [0.05, 0.1) is 6.21 Å². The van der Waals surface area contributed by atoms with E-state index in [9.17, 15) is 14.0 Å². The summed E-state index contributed by atoms with van der Waals surface area (Å²) in [6, 6.07) is 8.15. The van der Waals surface area contributed by atoms with Crippen LogP contribution in [0.2, 0.25) is 0 Å². The predicted molar refractivity (Wildman–Crippen MR) is 101 cm³/mol. The van der Waals surface area contributed by atoms with Crippen molar-refractivity contribution in [3.05, 3.63) is 53.1 Å².